The summed E-state index contributed by atoms with van der Waals surface area (Å²) in [5, 5.41) is 2.59. The minimum absolute atomic E-state index is 0.0789. The Bertz CT molecular complexity index is 453. The number of sulfonamides is 1. The van der Waals surface area contributed by atoms with Crippen molar-refractivity contribution in [1.82, 2.24) is 10.0 Å². The van der Waals surface area contributed by atoms with Gasteiger partial charge in [-0.25, -0.2) is 13.1 Å². The zero-order valence-electron chi connectivity index (χ0n) is 13.6. The Labute approximate surface area is 129 Å². The Hall–Kier alpha value is -0.130. The van der Waals surface area contributed by atoms with Crippen LogP contribution in [-0.4, -0.2) is 33.3 Å². The Balaban J connectivity index is 1.72. The van der Waals surface area contributed by atoms with Gasteiger partial charge in [0, 0.05) is 12.6 Å². The van der Waals surface area contributed by atoms with E-state index < -0.39 is 10.0 Å². The van der Waals surface area contributed by atoms with Crippen molar-refractivity contribution in [3.8, 4) is 0 Å². The summed E-state index contributed by atoms with van der Waals surface area (Å²) in [5.74, 6) is 2.58. The van der Waals surface area contributed by atoms with Crippen LogP contribution in [-0.2, 0) is 10.0 Å². The van der Waals surface area contributed by atoms with Crippen LogP contribution in [0.4, 0.5) is 0 Å². The molecule has 4 nitrogen and oxygen atoms in total. The van der Waals surface area contributed by atoms with Crippen LogP contribution in [0.5, 0.6) is 0 Å². The fraction of sp³-hybridized carbons (Fsp3) is 1.00. The van der Waals surface area contributed by atoms with Gasteiger partial charge in [0.25, 0.3) is 0 Å². The number of rotatable bonds is 6. The molecule has 0 aromatic heterocycles. The van der Waals surface area contributed by atoms with E-state index in [1.165, 1.54) is 38.5 Å². The fourth-order valence-electron chi connectivity index (χ4n) is 5.59. The quantitative estimate of drug-likeness (QED) is 0.789. The van der Waals surface area contributed by atoms with Crippen molar-refractivity contribution >= 4 is 10.0 Å². The summed E-state index contributed by atoms with van der Waals surface area (Å²) in [6, 6.07) is 0.0789. The molecule has 0 aromatic rings. The van der Waals surface area contributed by atoms with Crippen molar-refractivity contribution in [2.24, 2.45) is 23.2 Å². The summed E-state index contributed by atoms with van der Waals surface area (Å²) in [7, 11) is -1.43. The minimum atomic E-state index is -3.23. The summed E-state index contributed by atoms with van der Waals surface area (Å²) < 4.78 is 28.0. The molecule has 2 unspecified atom stereocenters. The summed E-state index contributed by atoms with van der Waals surface area (Å²) in [4.78, 5) is 0. The third-order valence-corrected chi connectivity index (χ3v) is 8.27. The van der Waals surface area contributed by atoms with Crippen LogP contribution in [0.25, 0.3) is 0 Å². The van der Waals surface area contributed by atoms with Crippen molar-refractivity contribution < 1.29 is 8.42 Å². The first-order valence-electron chi connectivity index (χ1n) is 8.50. The molecule has 5 heteroatoms. The van der Waals surface area contributed by atoms with E-state index in [9.17, 15) is 8.42 Å². The van der Waals surface area contributed by atoms with Gasteiger partial charge in [0.15, 0.2) is 0 Å². The molecule has 21 heavy (non-hydrogen) atoms. The van der Waals surface area contributed by atoms with Crippen LogP contribution in [0.2, 0.25) is 0 Å². The molecule has 4 aliphatic carbocycles. The van der Waals surface area contributed by atoms with E-state index >= 15 is 0 Å². The highest BCUT2D eigenvalue weighted by atomic mass is 32.2. The van der Waals surface area contributed by atoms with E-state index in [1.54, 1.807) is 14.0 Å². The van der Waals surface area contributed by atoms with Crippen molar-refractivity contribution in [3.63, 3.8) is 0 Å². The number of hydrogen-bond acceptors (Lipinski definition) is 3. The lowest BCUT2D eigenvalue weighted by Crippen LogP contribution is -2.57. The second-order valence-corrected chi connectivity index (χ2v) is 10.2. The van der Waals surface area contributed by atoms with Gasteiger partial charge in [-0.3, -0.25) is 0 Å². The van der Waals surface area contributed by atoms with Crippen molar-refractivity contribution in [2.45, 2.75) is 63.7 Å². The van der Waals surface area contributed by atoms with E-state index in [2.05, 4.69) is 17.0 Å². The molecule has 0 radical (unpaired) electrons. The molecule has 0 amide bonds. The van der Waals surface area contributed by atoms with Crippen LogP contribution < -0.4 is 10.0 Å². The van der Waals surface area contributed by atoms with Crippen LogP contribution in [0.1, 0.15) is 52.4 Å². The highest BCUT2D eigenvalue weighted by Gasteiger charge is 2.53. The summed E-state index contributed by atoms with van der Waals surface area (Å²) >= 11 is 0. The lowest BCUT2D eigenvalue weighted by molar-refractivity contribution is -0.0666. The molecule has 0 saturated heterocycles. The van der Waals surface area contributed by atoms with Crippen molar-refractivity contribution in [2.75, 3.05) is 13.6 Å². The molecular formula is C16H30N2O2S. The zero-order chi connectivity index (χ0) is 15.3. The van der Waals surface area contributed by atoms with E-state index in [0.717, 1.165) is 17.8 Å². The molecule has 0 aromatic carbocycles. The Morgan fingerprint density at radius 3 is 1.95 bits per heavy atom. The first kappa shape index (κ1) is 15.8. The molecule has 2 atom stereocenters. The first-order valence-corrected chi connectivity index (χ1v) is 10.0. The molecule has 0 spiro atoms. The van der Waals surface area contributed by atoms with E-state index in [0.29, 0.717) is 6.54 Å². The molecule has 122 valence electrons. The average molecular weight is 314 g/mol. The summed E-state index contributed by atoms with van der Waals surface area (Å²) in [6.07, 6.45) is 7.91. The van der Waals surface area contributed by atoms with Gasteiger partial charge < -0.3 is 5.32 Å². The highest BCUT2D eigenvalue weighted by Crippen LogP contribution is 2.61. The van der Waals surface area contributed by atoms with E-state index in [4.69, 9.17) is 0 Å². The zero-order valence-corrected chi connectivity index (χ0v) is 14.4. The monoisotopic (exact) mass is 314 g/mol. The van der Waals surface area contributed by atoms with Crippen LogP contribution in [0.15, 0.2) is 0 Å². The second kappa shape index (κ2) is 5.50. The van der Waals surface area contributed by atoms with Crippen LogP contribution in [0.3, 0.4) is 0 Å². The largest absolute Gasteiger partial charge is 0.318 e. The Morgan fingerprint density at radius 2 is 1.52 bits per heavy atom. The van der Waals surface area contributed by atoms with Crippen LogP contribution in [0, 0.1) is 23.2 Å². The first-order chi connectivity index (χ1) is 9.84. The molecule has 0 heterocycles. The molecular weight excluding hydrogens is 284 g/mol. The van der Waals surface area contributed by atoms with E-state index in [-0.39, 0.29) is 16.7 Å². The van der Waals surface area contributed by atoms with Gasteiger partial charge in [0.05, 0.1) is 5.25 Å². The topological polar surface area (TPSA) is 58.2 Å². The lowest BCUT2D eigenvalue weighted by Gasteiger charge is -2.59. The predicted octanol–water partition coefficient (Wildman–Crippen LogP) is 2.12. The Morgan fingerprint density at radius 1 is 1.05 bits per heavy atom. The van der Waals surface area contributed by atoms with Crippen molar-refractivity contribution in [1.29, 1.82) is 0 Å². The maximum atomic E-state index is 12.5. The molecule has 4 aliphatic rings. The number of nitrogens with one attached hydrogen (secondary N) is 2. The van der Waals surface area contributed by atoms with Gasteiger partial charge in [-0.05, 0) is 82.6 Å². The molecule has 0 aliphatic heterocycles. The van der Waals surface area contributed by atoms with Crippen LogP contribution >= 0.6 is 0 Å². The third-order valence-electron chi connectivity index (χ3n) is 6.37. The maximum absolute atomic E-state index is 12.5. The second-order valence-electron chi connectivity index (χ2n) is 8.03. The van der Waals surface area contributed by atoms with Gasteiger partial charge >= 0.3 is 0 Å². The summed E-state index contributed by atoms with van der Waals surface area (Å²) in [5.41, 5.74) is 0.237. The summed E-state index contributed by atoms with van der Waals surface area (Å²) in [6.45, 7) is 4.39. The molecule has 4 fully saturated rings. The number of hydrogen-bond donors (Lipinski definition) is 2. The lowest BCUT2D eigenvalue weighted by atomic mass is 9.48. The molecule has 4 saturated carbocycles. The van der Waals surface area contributed by atoms with Gasteiger partial charge in [-0.15, -0.1) is 0 Å². The molecule has 4 bridgehead atoms. The predicted molar refractivity (Wildman–Crippen MR) is 85.5 cm³/mol. The normalized spacial score (nSPS) is 41.2. The SMILES string of the molecule is CNCC(C)S(=O)(=O)NC(C)C12CC3CC(CC(C3)C1)C2. The molecule has 4 rings (SSSR count). The fourth-order valence-corrected chi connectivity index (χ4v) is 6.95. The maximum Gasteiger partial charge on any atom is 0.215 e. The third kappa shape index (κ3) is 2.89. The average Bonchev–Trinajstić information content (AvgIpc) is 2.36. The van der Waals surface area contributed by atoms with Crippen molar-refractivity contribution in [3.05, 3.63) is 0 Å². The van der Waals surface area contributed by atoms with Gasteiger partial charge in [0.2, 0.25) is 10.0 Å². The standard InChI is InChI=1S/C16H30N2O2S/c1-11(10-17-3)21(19,20)18-12(2)16-7-13-4-14(8-16)6-15(5-13)9-16/h11-15,17-18H,4-10H2,1-3H3. The molecule has 2 N–H and O–H groups in total. The highest BCUT2D eigenvalue weighted by molar-refractivity contribution is 7.90. The van der Waals surface area contributed by atoms with Gasteiger partial charge in [-0.2, -0.15) is 0 Å². The smallest absolute Gasteiger partial charge is 0.215 e. The van der Waals surface area contributed by atoms with Gasteiger partial charge in [-0.1, -0.05) is 0 Å². The van der Waals surface area contributed by atoms with E-state index in [1.807, 2.05) is 0 Å². The minimum Gasteiger partial charge on any atom is -0.318 e. The Kier molecular flexibility index (Phi) is 4.13. The van der Waals surface area contributed by atoms with Gasteiger partial charge in [0.1, 0.15) is 0 Å².